The van der Waals surface area contributed by atoms with E-state index in [-0.39, 0.29) is 31.0 Å². The van der Waals surface area contributed by atoms with E-state index in [1.807, 2.05) is 63.2 Å². The summed E-state index contributed by atoms with van der Waals surface area (Å²) in [5.74, 6) is 0.700. The molecule has 0 aromatic heterocycles. The van der Waals surface area contributed by atoms with Crippen LogP contribution in [0.1, 0.15) is 56.6 Å². The van der Waals surface area contributed by atoms with Gasteiger partial charge in [-0.25, -0.2) is 4.79 Å². The lowest BCUT2D eigenvalue weighted by Crippen LogP contribution is -2.36. The topological polar surface area (TPSA) is 92.3 Å². The van der Waals surface area contributed by atoms with Gasteiger partial charge in [0, 0.05) is 36.1 Å². The van der Waals surface area contributed by atoms with Crippen molar-refractivity contribution in [3.8, 4) is 17.2 Å². The van der Waals surface area contributed by atoms with Crippen molar-refractivity contribution in [1.82, 2.24) is 5.32 Å². The molecular formula is C31H37NO7. The highest BCUT2D eigenvalue weighted by atomic mass is 16.6. The van der Waals surface area contributed by atoms with Crippen LogP contribution in [-0.2, 0) is 19.1 Å². The fraction of sp³-hybridized carbons (Fsp3) is 0.419. The summed E-state index contributed by atoms with van der Waals surface area (Å²) in [6.45, 7) is 6.14. The monoisotopic (exact) mass is 535 g/mol. The number of Topliss-reactive ketones (excluding diaryl/α,β-unsaturated/α-hetero) is 1. The minimum Gasteiger partial charge on any atom is -0.493 e. The molecule has 2 aliphatic rings. The van der Waals surface area contributed by atoms with Crippen LogP contribution in [0.2, 0.25) is 0 Å². The van der Waals surface area contributed by atoms with Gasteiger partial charge in [0.1, 0.15) is 12.4 Å². The standard InChI is InChI=1S/C31H37NO7/c1-18(2)39-25-10-8-7-9-22(25)29-28(31(34)38-14-13-35-4)19(3)32-23-15-21(16-24(33)30(23)29)20-11-12-26(36-5)27(17-20)37-6/h7-12,17-18,21,29,32H,13-16H2,1-6H3/t21-,29+/m0/s1. The number of para-hydroxylation sites is 1. The number of methoxy groups -OCH3 is 3. The number of nitrogens with one attached hydrogen (secondary N) is 1. The number of dihydropyridines is 1. The largest absolute Gasteiger partial charge is 0.493 e. The molecule has 0 unspecified atom stereocenters. The summed E-state index contributed by atoms with van der Waals surface area (Å²) in [7, 11) is 4.74. The van der Waals surface area contributed by atoms with Crippen LogP contribution in [-0.4, -0.2) is 52.4 Å². The van der Waals surface area contributed by atoms with Gasteiger partial charge in [0.15, 0.2) is 17.3 Å². The number of hydrogen-bond donors (Lipinski definition) is 1. The minimum atomic E-state index is -0.620. The lowest BCUT2D eigenvalue weighted by molar-refractivity contribution is -0.140. The molecule has 39 heavy (non-hydrogen) atoms. The van der Waals surface area contributed by atoms with Crippen molar-refractivity contribution in [3.05, 3.63) is 76.1 Å². The molecule has 2 atom stereocenters. The third-order valence-corrected chi connectivity index (χ3v) is 7.04. The second-order valence-corrected chi connectivity index (χ2v) is 9.96. The lowest BCUT2D eigenvalue weighted by atomic mass is 9.71. The molecule has 0 saturated heterocycles. The Kier molecular flexibility index (Phi) is 8.97. The lowest BCUT2D eigenvalue weighted by Gasteiger charge is -2.37. The highest BCUT2D eigenvalue weighted by Crippen LogP contribution is 2.48. The Balaban J connectivity index is 1.79. The fourth-order valence-corrected chi connectivity index (χ4v) is 5.34. The van der Waals surface area contributed by atoms with Crippen molar-refractivity contribution >= 4 is 11.8 Å². The van der Waals surface area contributed by atoms with Crippen molar-refractivity contribution in [2.24, 2.45) is 0 Å². The van der Waals surface area contributed by atoms with Gasteiger partial charge >= 0.3 is 5.97 Å². The Morgan fingerprint density at radius 1 is 0.974 bits per heavy atom. The molecule has 0 amide bonds. The van der Waals surface area contributed by atoms with Gasteiger partial charge in [0.2, 0.25) is 0 Å². The van der Waals surface area contributed by atoms with Crippen LogP contribution >= 0.6 is 0 Å². The smallest absolute Gasteiger partial charge is 0.336 e. The van der Waals surface area contributed by atoms with E-state index in [0.29, 0.717) is 46.9 Å². The van der Waals surface area contributed by atoms with Crippen LogP contribution in [0.3, 0.4) is 0 Å². The van der Waals surface area contributed by atoms with E-state index in [9.17, 15) is 9.59 Å². The van der Waals surface area contributed by atoms with Gasteiger partial charge in [-0.1, -0.05) is 24.3 Å². The van der Waals surface area contributed by atoms with Crippen molar-refractivity contribution < 1.29 is 33.3 Å². The molecule has 4 rings (SSSR count). The second-order valence-electron chi connectivity index (χ2n) is 9.96. The zero-order valence-corrected chi connectivity index (χ0v) is 23.5. The van der Waals surface area contributed by atoms with Crippen LogP contribution < -0.4 is 19.5 Å². The van der Waals surface area contributed by atoms with Gasteiger partial charge in [-0.15, -0.1) is 0 Å². The Hall–Kier alpha value is -3.78. The molecule has 1 N–H and O–H groups in total. The van der Waals surface area contributed by atoms with Gasteiger partial charge in [-0.05, 0) is 56.9 Å². The average molecular weight is 536 g/mol. The van der Waals surface area contributed by atoms with Gasteiger partial charge in [-0.3, -0.25) is 4.79 Å². The molecule has 8 nitrogen and oxygen atoms in total. The van der Waals surface area contributed by atoms with E-state index in [1.54, 1.807) is 21.3 Å². The highest BCUT2D eigenvalue weighted by Gasteiger charge is 2.42. The molecule has 8 heteroatoms. The number of rotatable bonds is 10. The van der Waals surface area contributed by atoms with Gasteiger partial charge in [-0.2, -0.15) is 0 Å². The predicted molar refractivity (Wildman–Crippen MR) is 147 cm³/mol. The van der Waals surface area contributed by atoms with Crippen LogP contribution in [0.5, 0.6) is 17.2 Å². The van der Waals surface area contributed by atoms with Crippen molar-refractivity contribution in [1.29, 1.82) is 0 Å². The van der Waals surface area contributed by atoms with Crippen molar-refractivity contribution in [3.63, 3.8) is 0 Å². The molecule has 1 heterocycles. The van der Waals surface area contributed by atoms with Crippen LogP contribution in [0.25, 0.3) is 0 Å². The first-order chi connectivity index (χ1) is 18.8. The number of ketones is 1. The Morgan fingerprint density at radius 3 is 2.41 bits per heavy atom. The van der Waals surface area contributed by atoms with E-state index in [0.717, 1.165) is 16.8 Å². The van der Waals surface area contributed by atoms with Crippen LogP contribution in [0.15, 0.2) is 65.0 Å². The highest BCUT2D eigenvalue weighted by molar-refractivity contribution is 6.04. The number of carbonyl (C=O) groups is 2. The molecule has 0 radical (unpaired) electrons. The van der Waals surface area contributed by atoms with Crippen molar-refractivity contribution in [2.45, 2.75) is 51.6 Å². The molecule has 0 bridgehead atoms. The summed E-state index contributed by atoms with van der Waals surface area (Å²) in [4.78, 5) is 27.4. The Bertz CT molecular complexity index is 1290. The normalized spacial score (nSPS) is 19.0. The predicted octanol–water partition coefficient (Wildman–Crippen LogP) is 5.04. The first-order valence-corrected chi connectivity index (χ1v) is 13.2. The molecular weight excluding hydrogens is 498 g/mol. The summed E-state index contributed by atoms with van der Waals surface area (Å²) < 4.78 is 27.6. The maximum absolute atomic E-state index is 14.0. The molecule has 0 spiro atoms. The molecule has 1 aliphatic heterocycles. The van der Waals surface area contributed by atoms with E-state index >= 15 is 0 Å². The Morgan fingerprint density at radius 2 is 1.72 bits per heavy atom. The van der Waals surface area contributed by atoms with E-state index in [4.69, 9.17) is 23.7 Å². The van der Waals surface area contributed by atoms with E-state index in [1.165, 1.54) is 0 Å². The maximum Gasteiger partial charge on any atom is 0.336 e. The summed E-state index contributed by atoms with van der Waals surface area (Å²) in [6.07, 6.45) is 0.814. The van der Waals surface area contributed by atoms with Crippen molar-refractivity contribution in [2.75, 3.05) is 34.5 Å². The number of hydrogen-bond acceptors (Lipinski definition) is 8. The third-order valence-electron chi connectivity index (χ3n) is 7.04. The molecule has 1 aliphatic carbocycles. The fourth-order valence-electron chi connectivity index (χ4n) is 5.34. The summed E-state index contributed by atoms with van der Waals surface area (Å²) >= 11 is 0. The van der Waals surface area contributed by atoms with Crippen LogP contribution in [0.4, 0.5) is 0 Å². The first kappa shape index (κ1) is 28.2. The zero-order valence-electron chi connectivity index (χ0n) is 23.5. The molecule has 208 valence electrons. The number of allylic oxidation sites excluding steroid dienone is 3. The van der Waals surface area contributed by atoms with Crippen LogP contribution in [0, 0.1) is 0 Å². The number of ether oxygens (including phenoxy) is 5. The average Bonchev–Trinajstić information content (AvgIpc) is 2.91. The zero-order chi connectivity index (χ0) is 28.1. The SMILES string of the molecule is COCCOC(=O)C1=C(C)NC2=C(C(=O)C[C@@H](c3ccc(OC)c(OC)c3)C2)[C@@H]1c1ccccc1OC(C)C. The number of benzene rings is 2. The summed E-state index contributed by atoms with van der Waals surface area (Å²) in [6, 6.07) is 13.3. The first-order valence-electron chi connectivity index (χ1n) is 13.2. The van der Waals surface area contributed by atoms with E-state index < -0.39 is 11.9 Å². The molecule has 2 aromatic carbocycles. The second kappa shape index (κ2) is 12.4. The molecule has 2 aromatic rings. The maximum atomic E-state index is 14.0. The third kappa shape index (κ3) is 5.96. The van der Waals surface area contributed by atoms with E-state index in [2.05, 4.69) is 5.32 Å². The van der Waals surface area contributed by atoms with Gasteiger partial charge in [0.05, 0.1) is 38.4 Å². The summed E-state index contributed by atoms with van der Waals surface area (Å²) in [5.41, 5.74) is 4.19. The van der Waals surface area contributed by atoms with Gasteiger partial charge < -0.3 is 29.0 Å². The summed E-state index contributed by atoms with van der Waals surface area (Å²) in [5, 5.41) is 3.39. The quantitative estimate of drug-likeness (QED) is 0.334. The Labute approximate surface area is 229 Å². The number of esters is 1. The molecule has 0 fully saturated rings. The molecule has 0 saturated carbocycles. The minimum absolute atomic E-state index is 0.0254. The van der Waals surface area contributed by atoms with Gasteiger partial charge in [0.25, 0.3) is 0 Å². The number of carbonyl (C=O) groups excluding carboxylic acids is 2.